The highest BCUT2D eigenvalue weighted by atomic mass is 35.5. The molecule has 4 rings (SSSR count). The van der Waals surface area contributed by atoms with Gasteiger partial charge in [0.15, 0.2) is 0 Å². The molecule has 1 saturated heterocycles. The van der Waals surface area contributed by atoms with Crippen molar-refractivity contribution in [2.75, 3.05) is 41.9 Å². The molecule has 0 N–H and O–H groups in total. The zero-order valence-electron chi connectivity index (χ0n) is 17.3. The van der Waals surface area contributed by atoms with Crippen molar-refractivity contribution in [2.24, 2.45) is 0 Å². The fraction of sp³-hybridized carbons (Fsp3) is 0.250. The summed E-state index contributed by atoms with van der Waals surface area (Å²) in [7, 11) is 3.54. The monoisotopic (exact) mass is 420 g/mol. The maximum absolute atomic E-state index is 13.0. The molecule has 0 bridgehead atoms. The summed E-state index contributed by atoms with van der Waals surface area (Å²) in [6.45, 7) is 2.12. The number of carbonyl (C=O) groups excluding carboxylic acids is 1. The van der Waals surface area contributed by atoms with E-state index in [0.717, 1.165) is 41.5 Å². The van der Waals surface area contributed by atoms with Gasteiger partial charge in [-0.1, -0.05) is 29.8 Å². The molecule has 2 heterocycles. The molecule has 1 aliphatic heterocycles. The van der Waals surface area contributed by atoms with Crippen molar-refractivity contribution in [3.63, 3.8) is 0 Å². The Labute approximate surface area is 182 Å². The summed E-state index contributed by atoms with van der Waals surface area (Å²) in [6, 6.07) is 21.1. The first-order valence-corrected chi connectivity index (χ1v) is 10.5. The Morgan fingerprint density at radius 3 is 2.30 bits per heavy atom. The Hall–Kier alpha value is -3.05. The van der Waals surface area contributed by atoms with Gasteiger partial charge in [0.25, 0.3) is 0 Å². The number of nitrogens with zero attached hydrogens (tertiary/aromatic N) is 4. The van der Waals surface area contributed by atoms with E-state index in [4.69, 9.17) is 16.6 Å². The van der Waals surface area contributed by atoms with Crippen LogP contribution in [0.5, 0.6) is 0 Å². The third-order valence-corrected chi connectivity index (χ3v) is 5.73. The molecule has 0 aliphatic carbocycles. The Morgan fingerprint density at radius 2 is 1.57 bits per heavy atom. The van der Waals surface area contributed by atoms with E-state index in [9.17, 15) is 4.79 Å². The molecule has 2 aromatic carbocycles. The lowest BCUT2D eigenvalue weighted by molar-refractivity contribution is 0.253. The number of carbonyl (C=O) groups is 1. The van der Waals surface area contributed by atoms with Crippen LogP contribution in [0.1, 0.15) is 12.8 Å². The fourth-order valence-electron chi connectivity index (χ4n) is 3.69. The highest BCUT2D eigenvalue weighted by Crippen LogP contribution is 2.27. The fourth-order valence-corrected chi connectivity index (χ4v) is 3.82. The molecule has 3 aromatic rings. The number of amides is 2. The number of anilines is 3. The second kappa shape index (κ2) is 8.76. The van der Waals surface area contributed by atoms with Gasteiger partial charge in [0.2, 0.25) is 0 Å². The molecule has 0 radical (unpaired) electrons. The summed E-state index contributed by atoms with van der Waals surface area (Å²) in [5, 5.41) is 0.643. The summed E-state index contributed by atoms with van der Waals surface area (Å²) in [6.07, 6.45) is 2.44. The lowest BCUT2D eigenvalue weighted by Gasteiger charge is -2.25. The topological polar surface area (TPSA) is 39.7 Å². The van der Waals surface area contributed by atoms with Crippen molar-refractivity contribution in [1.82, 2.24) is 4.98 Å². The minimum atomic E-state index is -0.131. The zero-order chi connectivity index (χ0) is 21.1. The Bertz CT molecular complexity index is 1030. The molecular weight excluding hydrogens is 396 g/mol. The summed E-state index contributed by atoms with van der Waals surface area (Å²) in [5.74, 6) is 1.02. The van der Waals surface area contributed by atoms with Gasteiger partial charge < -0.3 is 4.90 Å². The number of benzene rings is 2. The number of hydrogen-bond donors (Lipinski definition) is 0. The van der Waals surface area contributed by atoms with Crippen LogP contribution < -0.4 is 14.7 Å². The van der Waals surface area contributed by atoms with Crippen molar-refractivity contribution >= 4 is 34.8 Å². The molecule has 30 heavy (non-hydrogen) atoms. The molecule has 0 spiro atoms. The molecule has 1 aromatic heterocycles. The molecule has 2 amide bonds. The van der Waals surface area contributed by atoms with Crippen molar-refractivity contribution < 1.29 is 4.79 Å². The van der Waals surface area contributed by atoms with Crippen LogP contribution in [-0.2, 0) is 0 Å². The van der Waals surface area contributed by atoms with Gasteiger partial charge in [-0.05, 0) is 61.4 Å². The molecule has 6 heteroatoms. The van der Waals surface area contributed by atoms with Gasteiger partial charge in [0, 0.05) is 49.1 Å². The number of urea groups is 1. The Balaban J connectivity index is 1.56. The van der Waals surface area contributed by atoms with Gasteiger partial charge in [0.1, 0.15) is 5.82 Å². The van der Waals surface area contributed by atoms with Crippen LogP contribution in [0.3, 0.4) is 0 Å². The van der Waals surface area contributed by atoms with E-state index in [1.165, 1.54) is 12.8 Å². The SMILES string of the molecule is CN(C(=O)N(C)c1cccc(-c2cccc(N3CCCC3)n2)c1)c1ccc(Cl)cc1. The minimum absolute atomic E-state index is 0.131. The van der Waals surface area contributed by atoms with Crippen LogP contribution in [-0.4, -0.2) is 38.2 Å². The van der Waals surface area contributed by atoms with Crippen LogP contribution in [0.2, 0.25) is 5.02 Å². The predicted molar refractivity (Wildman–Crippen MR) is 125 cm³/mol. The third kappa shape index (κ3) is 4.26. The highest BCUT2D eigenvalue weighted by molar-refractivity contribution is 6.30. The zero-order valence-corrected chi connectivity index (χ0v) is 18.0. The predicted octanol–water partition coefficient (Wildman–Crippen LogP) is 5.69. The van der Waals surface area contributed by atoms with Crippen LogP contribution >= 0.6 is 11.6 Å². The largest absolute Gasteiger partial charge is 0.357 e. The number of pyridine rings is 1. The van der Waals surface area contributed by atoms with Gasteiger partial charge in [-0.15, -0.1) is 0 Å². The van der Waals surface area contributed by atoms with E-state index in [0.29, 0.717) is 5.02 Å². The van der Waals surface area contributed by atoms with Gasteiger partial charge in [-0.2, -0.15) is 0 Å². The first-order chi connectivity index (χ1) is 14.5. The molecular formula is C24H25ClN4O. The highest BCUT2D eigenvalue weighted by Gasteiger charge is 2.18. The van der Waals surface area contributed by atoms with Crippen molar-refractivity contribution in [1.29, 1.82) is 0 Å². The number of halogens is 1. The van der Waals surface area contributed by atoms with Gasteiger partial charge in [0.05, 0.1) is 5.69 Å². The van der Waals surface area contributed by atoms with E-state index in [-0.39, 0.29) is 6.03 Å². The van der Waals surface area contributed by atoms with Gasteiger partial charge in [-0.25, -0.2) is 9.78 Å². The average molecular weight is 421 g/mol. The molecule has 1 fully saturated rings. The Kier molecular flexibility index (Phi) is 5.91. The van der Waals surface area contributed by atoms with Crippen LogP contribution in [0.15, 0.2) is 66.7 Å². The lowest BCUT2D eigenvalue weighted by atomic mass is 10.1. The smallest absolute Gasteiger partial charge is 0.328 e. The molecule has 154 valence electrons. The normalized spacial score (nSPS) is 13.4. The van der Waals surface area contributed by atoms with Crippen LogP contribution in [0, 0.1) is 0 Å². The van der Waals surface area contributed by atoms with E-state index >= 15 is 0 Å². The minimum Gasteiger partial charge on any atom is -0.357 e. The lowest BCUT2D eigenvalue weighted by Crippen LogP contribution is -2.38. The van der Waals surface area contributed by atoms with Crippen molar-refractivity contribution in [2.45, 2.75) is 12.8 Å². The van der Waals surface area contributed by atoms with E-state index in [1.54, 1.807) is 36.0 Å². The number of aromatic nitrogens is 1. The second-order valence-corrected chi connectivity index (χ2v) is 7.94. The van der Waals surface area contributed by atoms with E-state index in [2.05, 4.69) is 11.0 Å². The average Bonchev–Trinajstić information content (AvgIpc) is 3.33. The third-order valence-electron chi connectivity index (χ3n) is 5.48. The maximum Gasteiger partial charge on any atom is 0.328 e. The molecule has 0 atom stereocenters. The van der Waals surface area contributed by atoms with Crippen molar-refractivity contribution in [3.8, 4) is 11.3 Å². The first-order valence-electron chi connectivity index (χ1n) is 10.1. The van der Waals surface area contributed by atoms with Crippen LogP contribution in [0.25, 0.3) is 11.3 Å². The summed E-state index contributed by atoms with van der Waals surface area (Å²) in [4.78, 5) is 23.4. The summed E-state index contributed by atoms with van der Waals surface area (Å²) < 4.78 is 0. The Morgan fingerprint density at radius 1 is 0.900 bits per heavy atom. The van der Waals surface area contributed by atoms with E-state index in [1.807, 2.05) is 48.5 Å². The molecule has 1 aliphatic rings. The standard InChI is InChI=1S/C24H25ClN4O/c1-27(20-13-11-19(25)12-14-20)24(30)28(2)21-8-5-7-18(17-21)22-9-6-10-23(26-22)29-15-3-4-16-29/h5-14,17H,3-4,15-16H2,1-2H3. The van der Waals surface area contributed by atoms with Crippen molar-refractivity contribution in [3.05, 3.63) is 71.8 Å². The number of rotatable bonds is 4. The molecule has 5 nitrogen and oxygen atoms in total. The summed E-state index contributed by atoms with van der Waals surface area (Å²) in [5.41, 5.74) is 3.49. The number of hydrogen-bond acceptors (Lipinski definition) is 3. The maximum atomic E-state index is 13.0. The van der Waals surface area contributed by atoms with E-state index < -0.39 is 0 Å². The first kappa shape index (κ1) is 20.2. The second-order valence-electron chi connectivity index (χ2n) is 7.50. The van der Waals surface area contributed by atoms with Gasteiger partial charge in [-0.3, -0.25) is 9.80 Å². The molecule has 0 unspecified atom stereocenters. The molecule has 0 saturated carbocycles. The van der Waals surface area contributed by atoms with Gasteiger partial charge >= 0.3 is 6.03 Å². The quantitative estimate of drug-likeness (QED) is 0.543. The van der Waals surface area contributed by atoms with Crippen LogP contribution in [0.4, 0.5) is 22.0 Å². The summed E-state index contributed by atoms with van der Waals surface area (Å²) >= 11 is 5.96.